The van der Waals surface area contributed by atoms with Crippen molar-refractivity contribution in [3.8, 4) is 0 Å². The minimum Gasteiger partial charge on any atom is -0.350 e. The molecule has 4 nitrogen and oxygen atoms in total. The third kappa shape index (κ3) is 7.22. The lowest BCUT2D eigenvalue weighted by Crippen LogP contribution is -2.52. The van der Waals surface area contributed by atoms with Crippen molar-refractivity contribution in [2.24, 2.45) is 0 Å². The normalized spacial score (nSPS) is 12.4. The number of hydrogen-bond donors (Lipinski definition) is 1. The zero-order valence-corrected chi connectivity index (χ0v) is 19.2. The first kappa shape index (κ1) is 23.5. The highest BCUT2D eigenvalue weighted by molar-refractivity contribution is 6.42. The molecule has 2 rings (SSSR count). The third-order valence-electron chi connectivity index (χ3n) is 4.25. The van der Waals surface area contributed by atoms with E-state index in [0.717, 1.165) is 11.1 Å². The summed E-state index contributed by atoms with van der Waals surface area (Å²) in [7, 11) is 0. The van der Waals surface area contributed by atoms with Crippen LogP contribution in [-0.2, 0) is 22.6 Å². The summed E-state index contributed by atoms with van der Waals surface area (Å²) in [5.74, 6) is -0.415. The number of benzene rings is 2. The lowest BCUT2D eigenvalue weighted by molar-refractivity contribution is -0.140. The first-order chi connectivity index (χ1) is 13.5. The smallest absolute Gasteiger partial charge is 0.242 e. The molecule has 7 heteroatoms. The van der Waals surface area contributed by atoms with E-state index < -0.39 is 11.6 Å². The minimum absolute atomic E-state index is 0.102. The molecule has 0 radical (unpaired) electrons. The van der Waals surface area contributed by atoms with Crippen LogP contribution < -0.4 is 5.32 Å². The fourth-order valence-corrected chi connectivity index (χ4v) is 3.35. The second-order valence-corrected chi connectivity index (χ2v) is 9.24. The topological polar surface area (TPSA) is 49.4 Å². The van der Waals surface area contributed by atoms with Crippen molar-refractivity contribution in [2.75, 3.05) is 0 Å². The SMILES string of the molecule is C[C@@H](C(=O)NC(C)(C)C)N(Cc1cccc(Cl)c1)C(=O)Cc1ccc(Cl)c(Cl)c1. The van der Waals surface area contributed by atoms with E-state index in [2.05, 4.69) is 5.32 Å². The van der Waals surface area contributed by atoms with E-state index in [9.17, 15) is 9.59 Å². The number of carbonyl (C=O) groups is 2. The molecule has 0 aliphatic heterocycles. The molecule has 0 bridgehead atoms. The first-order valence-electron chi connectivity index (χ1n) is 9.26. The zero-order chi connectivity index (χ0) is 21.8. The van der Waals surface area contributed by atoms with Crippen LogP contribution in [0.3, 0.4) is 0 Å². The van der Waals surface area contributed by atoms with Crippen molar-refractivity contribution in [2.45, 2.75) is 52.2 Å². The minimum atomic E-state index is -0.663. The van der Waals surface area contributed by atoms with Crippen molar-refractivity contribution in [3.05, 3.63) is 68.7 Å². The monoisotopic (exact) mass is 454 g/mol. The molecule has 0 aliphatic carbocycles. The Labute approximate surface area is 187 Å². The second kappa shape index (κ2) is 9.84. The third-order valence-corrected chi connectivity index (χ3v) is 5.22. The molecular formula is C22H25Cl3N2O2. The van der Waals surface area contributed by atoms with Gasteiger partial charge in [0.1, 0.15) is 6.04 Å². The maximum absolute atomic E-state index is 13.1. The lowest BCUT2D eigenvalue weighted by atomic mass is 10.1. The molecule has 2 aromatic rings. The van der Waals surface area contributed by atoms with Gasteiger partial charge < -0.3 is 10.2 Å². The average Bonchev–Trinajstić information content (AvgIpc) is 2.60. The second-order valence-electron chi connectivity index (χ2n) is 7.99. The summed E-state index contributed by atoms with van der Waals surface area (Å²) in [6.07, 6.45) is 0.102. The summed E-state index contributed by atoms with van der Waals surface area (Å²) in [6.45, 7) is 7.68. The Bertz CT molecular complexity index is 894. The predicted octanol–water partition coefficient (Wildman–Crippen LogP) is 5.52. The Morgan fingerprint density at radius 2 is 1.69 bits per heavy atom. The zero-order valence-electron chi connectivity index (χ0n) is 16.9. The van der Waals surface area contributed by atoms with Crippen molar-refractivity contribution in [1.29, 1.82) is 0 Å². The molecular weight excluding hydrogens is 431 g/mol. The summed E-state index contributed by atoms with van der Waals surface area (Å²) in [5, 5.41) is 4.32. The van der Waals surface area contributed by atoms with E-state index in [-0.39, 0.29) is 24.8 Å². The van der Waals surface area contributed by atoms with Crippen molar-refractivity contribution in [3.63, 3.8) is 0 Å². The van der Waals surface area contributed by atoms with E-state index in [1.807, 2.05) is 32.9 Å². The molecule has 0 unspecified atom stereocenters. The van der Waals surface area contributed by atoms with Crippen LogP contribution in [0.5, 0.6) is 0 Å². The van der Waals surface area contributed by atoms with Gasteiger partial charge in [0.05, 0.1) is 16.5 Å². The van der Waals surface area contributed by atoms with E-state index >= 15 is 0 Å². The van der Waals surface area contributed by atoms with Crippen LogP contribution in [0.2, 0.25) is 15.1 Å². The van der Waals surface area contributed by atoms with Crippen LogP contribution in [0, 0.1) is 0 Å². The molecule has 0 heterocycles. The first-order valence-corrected chi connectivity index (χ1v) is 10.4. The van der Waals surface area contributed by atoms with Gasteiger partial charge in [-0.3, -0.25) is 9.59 Å². The van der Waals surface area contributed by atoms with E-state index in [1.54, 1.807) is 42.2 Å². The Hall–Kier alpha value is -1.75. The van der Waals surface area contributed by atoms with Gasteiger partial charge in [0.2, 0.25) is 11.8 Å². The number of halogens is 3. The highest BCUT2D eigenvalue weighted by Gasteiger charge is 2.28. The van der Waals surface area contributed by atoms with Crippen molar-refractivity contribution < 1.29 is 9.59 Å². The summed E-state index contributed by atoms with van der Waals surface area (Å²) < 4.78 is 0. The molecule has 0 spiro atoms. The fourth-order valence-electron chi connectivity index (χ4n) is 2.81. The molecule has 0 aromatic heterocycles. The molecule has 0 saturated carbocycles. The standard InChI is InChI=1S/C22H25Cl3N2O2/c1-14(21(29)26-22(2,3)4)27(13-16-6-5-7-17(23)10-16)20(28)12-15-8-9-18(24)19(25)11-15/h5-11,14H,12-13H2,1-4H3,(H,26,29)/t14-/m0/s1. The quantitative estimate of drug-likeness (QED) is 0.623. The number of rotatable bonds is 6. The van der Waals surface area contributed by atoms with Crippen molar-refractivity contribution >= 4 is 46.6 Å². The van der Waals surface area contributed by atoms with Crippen LogP contribution >= 0.6 is 34.8 Å². The Kier molecular flexibility index (Phi) is 7.98. The fraction of sp³-hybridized carbons (Fsp3) is 0.364. The highest BCUT2D eigenvalue weighted by atomic mass is 35.5. The Morgan fingerprint density at radius 1 is 1.00 bits per heavy atom. The van der Waals surface area contributed by atoms with Gasteiger partial charge >= 0.3 is 0 Å². The molecule has 0 fully saturated rings. The highest BCUT2D eigenvalue weighted by Crippen LogP contribution is 2.23. The van der Waals surface area contributed by atoms with Gasteiger partial charge in [-0.1, -0.05) is 53.0 Å². The largest absolute Gasteiger partial charge is 0.350 e. The van der Waals surface area contributed by atoms with Crippen LogP contribution in [0.4, 0.5) is 0 Å². The summed E-state index contributed by atoms with van der Waals surface area (Å²) in [5.41, 5.74) is 1.17. The van der Waals surface area contributed by atoms with E-state index in [0.29, 0.717) is 15.1 Å². The molecule has 2 amide bonds. The Morgan fingerprint density at radius 3 is 2.28 bits per heavy atom. The predicted molar refractivity (Wildman–Crippen MR) is 120 cm³/mol. The summed E-state index contributed by atoms with van der Waals surface area (Å²) >= 11 is 18.1. The molecule has 29 heavy (non-hydrogen) atoms. The van der Waals surface area contributed by atoms with Crippen LogP contribution in [-0.4, -0.2) is 28.3 Å². The molecule has 1 atom stereocenters. The molecule has 0 aliphatic rings. The van der Waals surface area contributed by atoms with E-state index in [4.69, 9.17) is 34.8 Å². The lowest BCUT2D eigenvalue weighted by Gasteiger charge is -2.31. The summed E-state index contributed by atoms with van der Waals surface area (Å²) in [6, 6.07) is 11.7. The summed E-state index contributed by atoms with van der Waals surface area (Å²) in [4.78, 5) is 27.4. The molecule has 156 valence electrons. The van der Waals surface area contributed by atoms with Crippen LogP contribution in [0.15, 0.2) is 42.5 Å². The maximum Gasteiger partial charge on any atom is 0.242 e. The van der Waals surface area contributed by atoms with E-state index in [1.165, 1.54) is 0 Å². The number of amides is 2. The van der Waals surface area contributed by atoms with Gasteiger partial charge in [-0.15, -0.1) is 0 Å². The average molecular weight is 456 g/mol. The number of hydrogen-bond acceptors (Lipinski definition) is 2. The van der Waals surface area contributed by atoms with Gasteiger partial charge in [0, 0.05) is 17.1 Å². The van der Waals surface area contributed by atoms with Gasteiger partial charge in [-0.25, -0.2) is 0 Å². The van der Waals surface area contributed by atoms with Gasteiger partial charge in [-0.05, 0) is 63.1 Å². The van der Waals surface area contributed by atoms with Crippen LogP contribution in [0.1, 0.15) is 38.8 Å². The van der Waals surface area contributed by atoms with Gasteiger partial charge in [0.15, 0.2) is 0 Å². The molecule has 2 aromatic carbocycles. The van der Waals surface area contributed by atoms with Crippen LogP contribution in [0.25, 0.3) is 0 Å². The van der Waals surface area contributed by atoms with Gasteiger partial charge in [-0.2, -0.15) is 0 Å². The maximum atomic E-state index is 13.1. The Balaban J connectivity index is 2.27. The number of nitrogens with one attached hydrogen (secondary N) is 1. The molecule has 0 saturated heterocycles. The van der Waals surface area contributed by atoms with Gasteiger partial charge in [0.25, 0.3) is 0 Å². The van der Waals surface area contributed by atoms with Crippen molar-refractivity contribution in [1.82, 2.24) is 10.2 Å². The molecule has 1 N–H and O–H groups in total. The number of nitrogens with zero attached hydrogens (tertiary/aromatic N) is 1. The number of carbonyl (C=O) groups excluding carboxylic acids is 2.